The van der Waals surface area contributed by atoms with Crippen molar-refractivity contribution in [3.8, 4) is 0 Å². The van der Waals surface area contributed by atoms with Gasteiger partial charge in [0.05, 0.1) is 5.60 Å². The molecule has 1 aliphatic rings. The van der Waals surface area contributed by atoms with Gasteiger partial charge in [-0.25, -0.2) is 0 Å². The molecule has 0 radical (unpaired) electrons. The second kappa shape index (κ2) is 4.62. The second-order valence-electron chi connectivity index (χ2n) is 5.55. The maximum Gasteiger partial charge on any atom is 0.0925 e. The minimum absolute atomic E-state index is 0.287. The van der Waals surface area contributed by atoms with Crippen molar-refractivity contribution in [3.63, 3.8) is 0 Å². The molecule has 2 heteroatoms. The molecule has 0 aliphatic heterocycles. The summed E-state index contributed by atoms with van der Waals surface area (Å²) >= 11 is 6.17. The Morgan fingerprint density at radius 2 is 2.06 bits per heavy atom. The molecule has 3 atom stereocenters. The molecule has 1 fully saturated rings. The van der Waals surface area contributed by atoms with Gasteiger partial charge in [-0.15, -0.1) is 0 Å². The fourth-order valence-electron chi connectivity index (χ4n) is 2.91. The van der Waals surface area contributed by atoms with E-state index < -0.39 is 5.60 Å². The van der Waals surface area contributed by atoms with Crippen LogP contribution < -0.4 is 0 Å². The van der Waals surface area contributed by atoms with Gasteiger partial charge in [-0.2, -0.15) is 0 Å². The van der Waals surface area contributed by atoms with E-state index in [4.69, 9.17) is 11.6 Å². The van der Waals surface area contributed by atoms with Crippen LogP contribution in [0.1, 0.15) is 44.2 Å². The molecule has 1 aliphatic carbocycles. The summed E-state index contributed by atoms with van der Waals surface area (Å²) in [5.41, 5.74) is 1.34. The Morgan fingerprint density at radius 1 is 1.35 bits per heavy atom. The first kappa shape index (κ1) is 12.9. The maximum absolute atomic E-state index is 10.9. The van der Waals surface area contributed by atoms with Crippen LogP contribution in [0.15, 0.2) is 18.2 Å². The molecule has 1 nitrogen and oxygen atoms in total. The highest BCUT2D eigenvalue weighted by Gasteiger charge is 2.41. The van der Waals surface area contributed by atoms with E-state index in [1.54, 1.807) is 0 Å². The normalized spacial score (nSPS) is 33.7. The van der Waals surface area contributed by atoms with Crippen LogP contribution in [-0.4, -0.2) is 5.11 Å². The first-order valence-electron chi connectivity index (χ1n) is 6.44. The number of halogens is 1. The van der Waals surface area contributed by atoms with Crippen LogP contribution in [0.5, 0.6) is 0 Å². The van der Waals surface area contributed by atoms with Gasteiger partial charge in [-0.3, -0.25) is 0 Å². The van der Waals surface area contributed by atoms with Crippen molar-refractivity contribution in [1.29, 1.82) is 0 Å². The topological polar surface area (TPSA) is 20.2 Å². The predicted octanol–water partition coefficient (Wildman–Crippen LogP) is 4.29. The molecule has 0 amide bonds. The summed E-state index contributed by atoms with van der Waals surface area (Å²) < 4.78 is 0. The summed E-state index contributed by atoms with van der Waals surface area (Å²) in [4.78, 5) is 0. The Labute approximate surface area is 109 Å². The molecule has 1 aromatic rings. The van der Waals surface area contributed by atoms with Gasteiger partial charge in [0.1, 0.15) is 0 Å². The molecule has 0 bridgehead atoms. The SMILES string of the molecule is Cc1ccc(C2(O)CCCC(C)C2C)cc1Cl. The third-order valence-electron chi connectivity index (χ3n) is 4.50. The van der Waals surface area contributed by atoms with Crippen molar-refractivity contribution >= 4 is 11.6 Å². The summed E-state index contributed by atoms with van der Waals surface area (Å²) in [5.74, 6) is 0.851. The fraction of sp³-hybridized carbons (Fsp3) is 0.600. The fourth-order valence-corrected chi connectivity index (χ4v) is 3.09. The highest BCUT2D eigenvalue weighted by Crippen LogP contribution is 2.44. The Balaban J connectivity index is 2.39. The van der Waals surface area contributed by atoms with Gasteiger partial charge in [0.15, 0.2) is 0 Å². The molecule has 1 aromatic carbocycles. The average Bonchev–Trinajstić information content (AvgIpc) is 2.29. The van der Waals surface area contributed by atoms with Gasteiger partial charge in [0.2, 0.25) is 0 Å². The molecule has 0 aromatic heterocycles. The van der Waals surface area contributed by atoms with E-state index in [-0.39, 0.29) is 5.92 Å². The van der Waals surface area contributed by atoms with Crippen LogP contribution in [0.25, 0.3) is 0 Å². The van der Waals surface area contributed by atoms with Gasteiger partial charge in [0.25, 0.3) is 0 Å². The van der Waals surface area contributed by atoms with Crippen LogP contribution in [0.4, 0.5) is 0 Å². The minimum atomic E-state index is -0.699. The molecular formula is C15H21ClO. The zero-order valence-electron chi connectivity index (χ0n) is 10.8. The molecule has 0 spiro atoms. The highest BCUT2D eigenvalue weighted by atomic mass is 35.5. The third kappa shape index (κ3) is 2.23. The summed E-state index contributed by atoms with van der Waals surface area (Å²) in [6, 6.07) is 5.96. The van der Waals surface area contributed by atoms with Crippen LogP contribution in [0.3, 0.4) is 0 Å². The standard InChI is InChI=1S/C15H21ClO/c1-10-5-4-8-15(17,12(10)3)13-7-6-11(2)14(16)9-13/h6-7,9-10,12,17H,4-5,8H2,1-3H3. The lowest BCUT2D eigenvalue weighted by Crippen LogP contribution is -2.40. The maximum atomic E-state index is 10.9. The van der Waals surface area contributed by atoms with Crippen molar-refractivity contribution < 1.29 is 5.11 Å². The van der Waals surface area contributed by atoms with E-state index >= 15 is 0 Å². The Hall–Kier alpha value is -0.530. The van der Waals surface area contributed by atoms with Gasteiger partial charge in [-0.1, -0.05) is 44.0 Å². The van der Waals surface area contributed by atoms with E-state index in [0.29, 0.717) is 5.92 Å². The number of aryl methyl sites for hydroxylation is 1. The predicted molar refractivity (Wildman–Crippen MR) is 72.3 cm³/mol. The van der Waals surface area contributed by atoms with Crippen molar-refractivity contribution in [2.24, 2.45) is 11.8 Å². The molecule has 0 heterocycles. The van der Waals surface area contributed by atoms with E-state index in [2.05, 4.69) is 13.8 Å². The summed E-state index contributed by atoms with van der Waals surface area (Å²) in [5, 5.41) is 11.7. The zero-order chi connectivity index (χ0) is 12.6. The number of benzene rings is 1. The summed E-state index contributed by atoms with van der Waals surface area (Å²) in [6.45, 7) is 6.37. The second-order valence-corrected chi connectivity index (χ2v) is 5.95. The molecular weight excluding hydrogens is 232 g/mol. The number of rotatable bonds is 1. The summed E-state index contributed by atoms with van der Waals surface area (Å²) in [7, 11) is 0. The molecule has 0 saturated heterocycles. The van der Waals surface area contributed by atoms with Crippen LogP contribution in [0, 0.1) is 18.8 Å². The van der Waals surface area contributed by atoms with Crippen LogP contribution >= 0.6 is 11.6 Å². The number of hydrogen-bond donors (Lipinski definition) is 1. The van der Waals surface area contributed by atoms with E-state index in [0.717, 1.165) is 29.0 Å². The van der Waals surface area contributed by atoms with E-state index in [1.807, 2.05) is 25.1 Å². The molecule has 1 saturated carbocycles. The first-order valence-corrected chi connectivity index (χ1v) is 6.82. The van der Waals surface area contributed by atoms with E-state index in [1.165, 1.54) is 6.42 Å². The quantitative estimate of drug-likeness (QED) is 0.791. The van der Waals surface area contributed by atoms with Gasteiger partial charge in [0, 0.05) is 5.02 Å². The van der Waals surface area contributed by atoms with Gasteiger partial charge in [-0.05, 0) is 48.8 Å². The minimum Gasteiger partial charge on any atom is -0.385 e. The molecule has 1 N–H and O–H groups in total. The Bertz CT molecular complexity index is 415. The average molecular weight is 253 g/mol. The lowest BCUT2D eigenvalue weighted by molar-refractivity contribution is -0.0688. The van der Waals surface area contributed by atoms with Crippen molar-refractivity contribution in [2.45, 2.75) is 45.6 Å². The largest absolute Gasteiger partial charge is 0.385 e. The van der Waals surface area contributed by atoms with E-state index in [9.17, 15) is 5.11 Å². The molecule has 3 unspecified atom stereocenters. The van der Waals surface area contributed by atoms with Crippen LogP contribution in [0.2, 0.25) is 5.02 Å². The van der Waals surface area contributed by atoms with Gasteiger partial charge < -0.3 is 5.11 Å². The van der Waals surface area contributed by atoms with Crippen molar-refractivity contribution in [1.82, 2.24) is 0 Å². The van der Waals surface area contributed by atoms with Gasteiger partial charge >= 0.3 is 0 Å². The third-order valence-corrected chi connectivity index (χ3v) is 4.90. The van der Waals surface area contributed by atoms with Crippen LogP contribution in [-0.2, 0) is 5.60 Å². The van der Waals surface area contributed by atoms with Crippen molar-refractivity contribution in [2.75, 3.05) is 0 Å². The monoisotopic (exact) mass is 252 g/mol. The Morgan fingerprint density at radius 3 is 2.71 bits per heavy atom. The lowest BCUT2D eigenvalue weighted by atomic mass is 9.67. The number of aliphatic hydroxyl groups is 1. The molecule has 2 rings (SSSR count). The Kier molecular flexibility index (Phi) is 3.51. The van der Waals surface area contributed by atoms with Crippen molar-refractivity contribution in [3.05, 3.63) is 34.3 Å². The first-order chi connectivity index (χ1) is 7.95. The number of hydrogen-bond acceptors (Lipinski definition) is 1. The zero-order valence-corrected chi connectivity index (χ0v) is 11.6. The lowest BCUT2D eigenvalue weighted by Gasteiger charge is -2.42. The summed E-state index contributed by atoms with van der Waals surface area (Å²) in [6.07, 6.45) is 3.15. The molecule has 94 valence electrons. The smallest absolute Gasteiger partial charge is 0.0925 e. The highest BCUT2D eigenvalue weighted by molar-refractivity contribution is 6.31. The molecule has 17 heavy (non-hydrogen) atoms.